The van der Waals surface area contributed by atoms with E-state index in [9.17, 15) is 22.0 Å². The highest BCUT2D eigenvalue weighted by Gasteiger charge is 2.20. The minimum absolute atomic E-state index is 0.193. The molecule has 0 fully saturated rings. The van der Waals surface area contributed by atoms with Crippen molar-refractivity contribution in [2.45, 2.75) is 13.2 Å². The number of anilines is 1. The van der Waals surface area contributed by atoms with Gasteiger partial charge >= 0.3 is 0 Å². The van der Waals surface area contributed by atoms with Crippen molar-refractivity contribution in [1.82, 2.24) is 5.32 Å². The summed E-state index contributed by atoms with van der Waals surface area (Å²) in [5.74, 6) is -0.699. The second-order valence-corrected chi connectivity index (χ2v) is 8.99. The van der Waals surface area contributed by atoms with Crippen LogP contribution in [0.3, 0.4) is 0 Å². The molecule has 3 aromatic carbocycles. The topological polar surface area (TPSA) is 75.7 Å². The van der Waals surface area contributed by atoms with Gasteiger partial charge in [-0.25, -0.2) is 17.2 Å². The fourth-order valence-electron chi connectivity index (χ4n) is 2.85. The second-order valence-electron chi connectivity index (χ2n) is 7.08. The van der Waals surface area contributed by atoms with Crippen LogP contribution in [0.15, 0.2) is 72.8 Å². The molecule has 0 unspecified atom stereocenters. The van der Waals surface area contributed by atoms with Crippen LogP contribution in [0.5, 0.6) is 5.75 Å². The maximum Gasteiger partial charge on any atom is 0.241 e. The van der Waals surface area contributed by atoms with Crippen LogP contribution in [-0.4, -0.2) is 27.1 Å². The van der Waals surface area contributed by atoms with E-state index in [0.29, 0.717) is 12.4 Å². The Labute approximate surface area is 185 Å². The van der Waals surface area contributed by atoms with Crippen LogP contribution < -0.4 is 14.4 Å². The Morgan fingerprint density at radius 1 is 0.875 bits per heavy atom. The maximum absolute atomic E-state index is 13.1. The van der Waals surface area contributed by atoms with Crippen LogP contribution >= 0.6 is 0 Å². The number of ether oxygens (including phenoxy) is 1. The van der Waals surface area contributed by atoms with Crippen molar-refractivity contribution in [1.29, 1.82) is 0 Å². The van der Waals surface area contributed by atoms with Crippen molar-refractivity contribution >= 4 is 21.6 Å². The summed E-state index contributed by atoms with van der Waals surface area (Å²) in [5.41, 5.74) is 1.83. The molecule has 0 aliphatic rings. The number of carbonyl (C=O) groups excluding carboxylic acids is 1. The molecule has 0 aliphatic carbocycles. The minimum atomic E-state index is -3.73. The molecule has 0 heterocycles. The van der Waals surface area contributed by atoms with E-state index in [-0.39, 0.29) is 18.0 Å². The SMILES string of the molecule is CS(=O)(=O)N(CC(=O)NCc1ccc(OCc2ccc(F)cc2)cc1)c1ccc(F)cc1. The van der Waals surface area contributed by atoms with E-state index in [4.69, 9.17) is 4.74 Å². The monoisotopic (exact) mass is 460 g/mol. The molecule has 168 valence electrons. The highest BCUT2D eigenvalue weighted by Crippen LogP contribution is 2.18. The van der Waals surface area contributed by atoms with Gasteiger partial charge in [0, 0.05) is 6.54 Å². The Morgan fingerprint density at radius 2 is 1.41 bits per heavy atom. The first-order chi connectivity index (χ1) is 15.2. The highest BCUT2D eigenvalue weighted by atomic mass is 32.2. The molecule has 0 aromatic heterocycles. The Kier molecular flexibility index (Phi) is 7.42. The van der Waals surface area contributed by atoms with Crippen LogP contribution in [0, 0.1) is 11.6 Å². The third-order valence-electron chi connectivity index (χ3n) is 4.53. The smallest absolute Gasteiger partial charge is 0.241 e. The first kappa shape index (κ1) is 23.2. The second kappa shape index (κ2) is 10.2. The summed E-state index contributed by atoms with van der Waals surface area (Å²) < 4.78 is 56.8. The first-order valence-electron chi connectivity index (χ1n) is 9.67. The zero-order valence-corrected chi connectivity index (χ0v) is 18.1. The summed E-state index contributed by atoms with van der Waals surface area (Å²) in [7, 11) is -3.73. The van der Waals surface area contributed by atoms with Gasteiger partial charge in [-0.05, 0) is 59.7 Å². The minimum Gasteiger partial charge on any atom is -0.489 e. The average Bonchev–Trinajstić information content (AvgIpc) is 2.76. The van der Waals surface area contributed by atoms with E-state index >= 15 is 0 Å². The molecule has 0 spiro atoms. The quantitative estimate of drug-likeness (QED) is 0.529. The molecule has 6 nitrogen and oxygen atoms in total. The van der Waals surface area contributed by atoms with Crippen molar-refractivity contribution in [2.75, 3.05) is 17.1 Å². The number of carbonyl (C=O) groups is 1. The summed E-state index contributed by atoms with van der Waals surface area (Å²) >= 11 is 0. The van der Waals surface area contributed by atoms with Gasteiger partial charge in [0.1, 0.15) is 30.5 Å². The van der Waals surface area contributed by atoms with E-state index < -0.39 is 28.3 Å². The Bertz CT molecular complexity index is 1150. The third kappa shape index (κ3) is 6.78. The maximum atomic E-state index is 13.1. The predicted octanol–water partition coefficient (Wildman–Crippen LogP) is 3.63. The first-order valence-corrected chi connectivity index (χ1v) is 11.5. The van der Waals surface area contributed by atoms with Gasteiger partial charge in [-0.3, -0.25) is 9.10 Å². The van der Waals surface area contributed by atoms with Crippen molar-refractivity contribution in [3.05, 3.63) is 95.6 Å². The molecular weight excluding hydrogens is 438 g/mol. The number of nitrogens with zero attached hydrogens (tertiary/aromatic N) is 1. The van der Waals surface area contributed by atoms with E-state index in [2.05, 4.69) is 5.32 Å². The van der Waals surface area contributed by atoms with Crippen molar-refractivity contribution in [3.63, 3.8) is 0 Å². The Hall–Kier alpha value is -3.46. The number of amides is 1. The molecule has 1 amide bonds. The van der Waals surface area contributed by atoms with Gasteiger partial charge in [-0.1, -0.05) is 24.3 Å². The fourth-order valence-corrected chi connectivity index (χ4v) is 3.70. The van der Waals surface area contributed by atoms with E-state index in [1.165, 1.54) is 24.3 Å². The number of sulfonamides is 1. The van der Waals surface area contributed by atoms with Crippen molar-refractivity contribution in [2.24, 2.45) is 0 Å². The van der Waals surface area contributed by atoms with Gasteiger partial charge in [0.2, 0.25) is 15.9 Å². The van der Waals surface area contributed by atoms with Gasteiger partial charge in [0.25, 0.3) is 0 Å². The van der Waals surface area contributed by atoms with Gasteiger partial charge < -0.3 is 10.1 Å². The standard InChI is InChI=1S/C23H22F2N2O4S/c1-32(29,30)27(21-10-8-20(25)9-11-21)15-23(28)26-14-17-4-12-22(13-5-17)31-16-18-2-6-19(24)7-3-18/h2-13H,14-16H2,1H3,(H,26,28). The summed E-state index contributed by atoms with van der Waals surface area (Å²) in [4.78, 5) is 12.3. The molecule has 9 heteroatoms. The van der Waals surface area contributed by atoms with Gasteiger partial charge in [0.15, 0.2) is 0 Å². The number of hydrogen-bond acceptors (Lipinski definition) is 4. The molecule has 3 rings (SSSR count). The molecule has 3 aromatic rings. The highest BCUT2D eigenvalue weighted by molar-refractivity contribution is 7.92. The molecule has 0 saturated heterocycles. The van der Waals surface area contributed by atoms with Crippen LogP contribution in [0.4, 0.5) is 14.5 Å². The van der Waals surface area contributed by atoms with Crippen LogP contribution in [0.1, 0.15) is 11.1 Å². The Balaban J connectivity index is 1.53. The zero-order valence-electron chi connectivity index (χ0n) is 17.3. The summed E-state index contributed by atoms with van der Waals surface area (Å²) in [6.45, 7) is 0.0580. The molecule has 0 atom stereocenters. The number of hydrogen-bond donors (Lipinski definition) is 1. The molecule has 0 radical (unpaired) electrons. The number of nitrogens with one attached hydrogen (secondary N) is 1. The van der Waals surface area contributed by atoms with E-state index in [0.717, 1.165) is 33.8 Å². The third-order valence-corrected chi connectivity index (χ3v) is 5.67. The van der Waals surface area contributed by atoms with Crippen molar-refractivity contribution < 1.29 is 26.7 Å². The summed E-state index contributed by atoms with van der Waals surface area (Å²) in [5, 5.41) is 2.67. The van der Waals surface area contributed by atoms with Crippen LogP contribution in [-0.2, 0) is 28.0 Å². The lowest BCUT2D eigenvalue weighted by atomic mass is 10.2. The molecule has 0 bridgehead atoms. The lowest BCUT2D eigenvalue weighted by Gasteiger charge is -2.21. The number of benzene rings is 3. The number of halogens is 2. The van der Waals surface area contributed by atoms with Gasteiger partial charge in [-0.15, -0.1) is 0 Å². The van der Waals surface area contributed by atoms with E-state index in [1.807, 2.05) is 0 Å². The Morgan fingerprint density at radius 3 is 1.97 bits per heavy atom. The summed E-state index contributed by atoms with van der Waals surface area (Å²) in [6, 6.07) is 17.9. The zero-order chi connectivity index (χ0) is 23.1. The average molecular weight is 461 g/mol. The van der Waals surface area contributed by atoms with Crippen LogP contribution in [0.2, 0.25) is 0 Å². The fraction of sp³-hybridized carbons (Fsp3) is 0.174. The lowest BCUT2D eigenvalue weighted by Crippen LogP contribution is -2.40. The van der Waals surface area contributed by atoms with Gasteiger partial charge in [-0.2, -0.15) is 0 Å². The summed E-state index contributed by atoms with van der Waals surface area (Å²) in [6.07, 6.45) is 0.980. The molecule has 0 aliphatic heterocycles. The predicted molar refractivity (Wildman–Crippen MR) is 118 cm³/mol. The molecule has 0 saturated carbocycles. The van der Waals surface area contributed by atoms with Crippen molar-refractivity contribution in [3.8, 4) is 5.75 Å². The molecular formula is C23H22F2N2O4S. The van der Waals surface area contributed by atoms with Gasteiger partial charge in [0.05, 0.1) is 11.9 Å². The number of rotatable bonds is 9. The lowest BCUT2D eigenvalue weighted by molar-refractivity contribution is -0.119. The van der Waals surface area contributed by atoms with E-state index in [1.54, 1.807) is 36.4 Å². The normalized spacial score (nSPS) is 11.1. The van der Waals surface area contributed by atoms with Crippen LogP contribution in [0.25, 0.3) is 0 Å². The molecule has 32 heavy (non-hydrogen) atoms. The largest absolute Gasteiger partial charge is 0.489 e. The molecule has 1 N–H and O–H groups in total.